The summed E-state index contributed by atoms with van der Waals surface area (Å²) >= 11 is 9.57. The molecule has 106 valence electrons. The summed E-state index contributed by atoms with van der Waals surface area (Å²) in [4.78, 5) is 0. The first-order valence-corrected chi connectivity index (χ1v) is 7.58. The van der Waals surface area contributed by atoms with Crippen LogP contribution in [0.3, 0.4) is 0 Å². The lowest BCUT2D eigenvalue weighted by Gasteiger charge is -2.15. The van der Waals surface area contributed by atoms with Crippen molar-refractivity contribution in [1.29, 1.82) is 0 Å². The Labute approximate surface area is 133 Å². The summed E-state index contributed by atoms with van der Waals surface area (Å²) in [5, 5.41) is 4.13. The summed E-state index contributed by atoms with van der Waals surface area (Å²) in [6.45, 7) is 2.91. The fraction of sp³-hybridized carbons (Fsp3) is 0.250. The summed E-state index contributed by atoms with van der Waals surface area (Å²) in [6.07, 6.45) is 0. The molecule has 0 aromatic heterocycles. The Hall–Kier alpha value is -1.03. The van der Waals surface area contributed by atoms with Crippen molar-refractivity contribution in [3.8, 4) is 5.75 Å². The van der Waals surface area contributed by atoms with Gasteiger partial charge in [0.1, 0.15) is 5.75 Å². The van der Waals surface area contributed by atoms with Crippen LogP contribution in [-0.2, 0) is 6.54 Å². The predicted octanol–water partition coefficient (Wildman–Crippen LogP) is 4.96. The number of hydrogen-bond acceptors (Lipinski definition) is 2. The Kier molecular flexibility index (Phi) is 5.46. The number of halogens is 2. The van der Waals surface area contributed by atoms with Gasteiger partial charge in [0.05, 0.1) is 12.1 Å². The van der Waals surface area contributed by atoms with Gasteiger partial charge in [-0.25, -0.2) is 0 Å². The third kappa shape index (κ3) is 3.98. The zero-order chi connectivity index (χ0) is 14.5. The average Bonchev–Trinajstić information content (AvgIpc) is 2.45. The van der Waals surface area contributed by atoms with Gasteiger partial charge in [0.25, 0.3) is 0 Å². The van der Waals surface area contributed by atoms with Crippen LogP contribution in [0.5, 0.6) is 5.75 Å². The summed E-state index contributed by atoms with van der Waals surface area (Å²) in [5.74, 6) is 0.705. The fourth-order valence-electron chi connectivity index (χ4n) is 1.96. The number of rotatable bonds is 5. The van der Waals surface area contributed by atoms with Gasteiger partial charge in [-0.15, -0.1) is 0 Å². The average molecular weight is 355 g/mol. The molecule has 2 aromatic rings. The molecule has 2 aromatic carbocycles. The summed E-state index contributed by atoms with van der Waals surface area (Å²) in [6, 6.07) is 14.5. The van der Waals surface area contributed by atoms with Crippen molar-refractivity contribution in [3.63, 3.8) is 0 Å². The molecule has 0 saturated heterocycles. The van der Waals surface area contributed by atoms with Gasteiger partial charge >= 0.3 is 0 Å². The van der Waals surface area contributed by atoms with Crippen molar-refractivity contribution >= 4 is 27.5 Å². The maximum absolute atomic E-state index is 6.12. The van der Waals surface area contributed by atoms with Gasteiger partial charge in [-0.2, -0.15) is 0 Å². The molecule has 2 rings (SSSR count). The van der Waals surface area contributed by atoms with Gasteiger partial charge in [0.2, 0.25) is 0 Å². The van der Waals surface area contributed by atoms with Crippen LogP contribution in [0, 0.1) is 0 Å². The fourth-order valence-corrected chi connectivity index (χ4v) is 2.50. The van der Waals surface area contributed by atoms with E-state index in [9.17, 15) is 0 Å². The van der Waals surface area contributed by atoms with Crippen molar-refractivity contribution in [3.05, 3.63) is 63.1 Å². The van der Waals surface area contributed by atoms with E-state index in [4.69, 9.17) is 16.3 Å². The molecule has 0 bridgehead atoms. The molecule has 1 unspecified atom stereocenters. The molecule has 0 saturated carbocycles. The third-order valence-electron chi connectivity index (χ3n) is 3.20. The van der Waals surface area contributed by atoms with Gasteiger partial charge in [-0.05, 0) is 42.3 Å². The number of benzene rings is 2. The third-order valence-corrected chi connectivity index (χ3v) is 4.02. The number of hydrogen-bond donors (Lipinski definition) is 1. The lowest BCUT2D eigenvalue weighted by atomic mass is 10.1. The maximum atomic E-state index is 6.12. The van der Waals surface area contributed by atoms with Crippen molar-refractivity contribution < 1.29 is 4.74 Å². The SMILES string of the molecule is COc1ccc(CNC(C)c2ccc(Br)cc2)cc1Cl. The van der Waals surface area contributed by atoms with Crippen LogP contribution < -0.4 is 10.1 Å². The molecule has 0 radical (unpaired) electrons. The molecule has 2 nitrogen and oxygen atoms in total. The minimum atomic E-state index is 0.281. The monoisotopic (exact) mass is 353 g/mol. The number of ether oxygens (including phenoxy) is 1. The Bertz CT molecular complexity index is 571. The van der Waals surface area contributed by atoms with E-state index in [-0.39, 0.29) is 6.04 Å². The second-order valence-corrected chi connectivity index (χ2v) is 5.95. The summed E-state index contributed by atoms with van der Waals surface area (Å²) in [5.41, 5.74) is 2.40. The van der Waals surface area contributed by atoms with Crippen LogP contribution in [0.25, 0.3) is 0 Å². The molecule has 1 atom stereocenters. The molecule has 0 aliphatic carbocycles. The van der Waals surface area contributed by atoms with E-state index in [0.29, 0.717) is 10.8 Å². The van der Waals surface area contributed by atoms with Crippen LogP contribution in [0.4, 0.5) is 0 Å². The highest BCUT2D eigenvalue weighted by Crippen LogP contribution is 2.25. The Morgan fingerprint density at radius 2 is 1.90 bits per heavy atom. The zero-order valence-corrected chi connectivity index (χ0v) is 13.8. The van der Waals surface area contributed by atoms with Gasteiger partial charge in [0, 0.05) is 17.1 Å². The molecule has 0 amide bonds. The van der Waals surface area contributed by atoms with Crippen LogP contribution >= 0.6 is 27.5 Å². The topological polar surface area (TPSA) is 21.3 Å². The van der Waals surface area contributed by atoms with Crippen LogP contribution in [0.15, 0.2) is 46.9 Å². The minimum absolute atomic E-state index is 0.281. The van der Waals surface area contributed by atoms with E-state index in [1.807, 2.05) is 18.2 Å². The Morgan fingerprint density at radius 3 is 2.50 bits per heavy atom. The molecule has 0 aliphatic heterocycles. The molecule has 1 N–H and O–H groups in total. The minimum Gasteiger partial charge on any atom is -0.495 e. The quantitative estimate of drug-likeness (QED) is 0.819. The second-order valence-electron chi connectivity index (χ2n) is 4.62. The molecule has 0 aliphatic rings. The van der Waals surface area contributed by atoms with E-state index < -0.39 is 0 Å². The van der Waals surface area contributed by atoms with Crippen LogP contribution in [-0.4, -0.2) is 7.11 Å². The van der Waals surface area contributed by atoms with Crippen LogP contribution in [0.1, 0.15) is 24.1 Å². The first-order valence-electron chi connectivity index (χ1n) is 6.41. The number of nitrogens with one attached hydrogen (secondary N) is 1. The van der Waals surface area contributed by atoms with Crippen molar-refractivity contribution in [2.45, 2.75) is 19.5 Å². The second kappa shape index (κ2) is 7.11. The summed E-state index contributed by atoms with van der Waals surface area (Å²) in [7, 11) is 1.62. The first-order chi connectivity index (χ1) is 9.60. The first kappa shape index (κ1) is 15.4. The maximum Gasteiger partial charge on any atom is 0.137 e. The normalized spacial score (nSPS) is 12.2. The van der Waals surface area contributed by atoms with Gasteiger partial charge in [-0.1, -0.05) is 45.7 Å². The highest BCUT2D eigenvalue weighted by molar-refractivity contribution is 9.10. The molecular weight excluding hydrogens is 338 g/mol. The number of methoxy groups -OCH3 is 1. The zero-order valence-electron chi connectivity index (χ0n) is 11.5. The van der Waals surface area contributed by atoms with Gasteiger partial charge in [-0.3, -0.25) is 0 Å². The standard InChI is InChI=1S/C16H17BrClNO/c1-11(13-4-6-14(17)7-5-13)19-10-12-3-8-16(20-2)15(18)9-12/h3-9,11,19H,10H2,1-2H3. The van der Waals surface area contributed by atoms with Gasteiger partial charge < -0.3 is 10.1 Å². The Morgan fingerprint density at radius 1 is 1.20 bits per heavy atom. The molecule has 0 fully saturated rings. The van der Waals surface area contributed by atoms with Crippen molar-refractivity contribution in [1.82, 2.24) is 5.32 Å². The highest BCUT2D eigenvalue weighted by atomic mass is 79.9. The molecular formula is C16H17BrClNO. The molecule has 4 heteroatoms. The summed E-state index contributed by atoms with van der Waals surface area (Å²) < 4.78 is 6.24. The van der Waals surface area contributed by atoms with E-state index in [0.717, 1.165) is 16.6 Å². The Balaban J connectivity index is 1.97. The molecule has 0 spiro atoms. The largest absolute Gasteiger partial charge is 0.495 e. The van der Waals surface area contributed by atoms with E-state index >= 15 is 0 Å². The predicted molar refractivity (Wildman–Crippen MR) is 87.4 cm³/mol. The van der Waals surface area contributed by atoms with Gasteiger partial charge in [0.15, 0.2) is 0 Å². The molecule has 20 heavy (non-hydrogen) atoms. The lowest BCUT2D eigenvalue weighted by molar-refractivity contribution is 0.414. The van der Waals surface area contributed by atoms with Crippen molar-refractivity contribution in [2.24, 2.45) is 0 Å². The highest BCUT2D eigenvalue weighted by Gasteiger charge is 2.06. The molecule has 0 heterocycles. The van der Waals surface area contributed by atoms with Crippen LogP contribution in [0.2, 0.25) is 5.02 Å². The van der Waals surface area contributed by atoms with Crippen molar-refractivity contribution in [2.75, 3.05) is 7.11 Å². The van der Waals surface area contributed by atoms with E-state index in [2.05, 4.69) is 52.4 Å². The van der Waals surface area contributed by atoms with E-state index in [1.54, 1.807) is 7.11 Å². The van der Waals surface area contributed by atoms with E-state index in [1.165, 1.54) is 5.56 Å². The smallest absolute Gasteiger partial charge is 0.137 e. The lowest BCUT2D eigenvalue weighted by Crippen LogP contribution is -2.18.